The molecule has 1 aromatic carbocycles. The zero-order valence-electron chi connectivity index (χ0n) is 11.3. The molecule has 1 N–H and O–H groups in total. The van der Waals surface area contributed by atoms with Gasteiger partial charge in [-0.25, -0.2) is 4.79 Å². The summed E-state index contributed by atoms with van der Waals surface area (Å²) in [7, 11) is 0. The highest BCUT2D eigenvalue weighted by Crippen LogP contribution is 2.16. The smallest absolute Gasteiger partial charge is 0.339 e. The lowest BCUT2D eigenvalue weighted by molar-refractivity contribution is -0.132. The first-order valence-electron chi connectivity index (χ1n) is 6.31. The number of carboxylic acid groups (broad SMARTS) is 1. The number of carbonyl (C=O) groups is 1. The predicted molar refractivity (Wildman–Crippen MR) is 74.4 cm³/mol. The van der Waals surface area contributed by atoms with Crippen LogP contribution in [0.4, 0.5) is 0 Å². The van der Waals surface area contributed by atoms with Crippen LogP contribution in [0.1, 0.15) is 44.2 Å². The number of rotatable bonds is 5. The van der Waals surface area contributed by atoms with E-state index in [0.717, 1.165) is 24.0 Å². The molecular weight excluding hydrogens is 224 g/mol. The van der Waals surface area contributed by atoms with Gasteiger partial charge in [0.2, 0.25) is 0 Å². The normalized spacial score (nSPS) is 9.72. The molecule has 0 saturated carbocycles. The SMILES string of the molecule is CCCCC(=C=C(C)c1cccc(C)c1)C(=O)O. The molecule has 0 radical (unpaired) electrons. The summed E-state index contributed by atoms with van der Waals surface area (Å²) in [5.74, 6) is -0.865. The molecule has 0 amide bonds. The van der Waals surface area contributed by atoms with Gasteiger partial charge in [-0.15, -0.1) is 5.73 Å². The first-order valence-corrected chi connectivity index (χ1v) is 6.31. The van der Waals surface area contributed by atoms with Crippen LogP contribution in [0, 0.1) is 6.92 Å². The van der Waals surface area contributed by atoms with E-state index in [0.29, 0.717) is 12.0 Å². The second kappa shape index (κ2) is 6.83. The average molecular weight is 244 g/mol. The van der Waals surface area contributed by atoms with Gasteiger partial charge in [0, 0.05) is 0 Å². The quantitative estimate of drug-likeness (QED) is 0.622. The van der Waals surface area contributed by atoms with Crippen LogP contribution in [-0.2, 0) is 4.79 Å². The molecule has 0 atom stereocenters. The Hall–Kier alpha value is -1.79. The third-order valence-corrected chi connectivity index (χ3v) is 2.83. The minimum Gasteiger partial charge on any atom is -0.477 e. The van der Waals surface area contributed by atoms with E-state index in [1.54, 1.807) is 0 Å². The summed E-state index contributed by atoms with van der Waals surface area (Å²) in [5, 5.41) is 9.14. The van der Waals surface area contributed by atoms with Crippen LogP contribution < -0.4 is 0 Å². The molecule has 96 valence electrons. The highest BCUT2D eigenvalue weighted by Gasteiger charge is 2.06. The number of carboxylic acids is 1. The van der Waals surface area contributed by atoms with Gasteiger partial charge >= 0.3 is 5.97 Å². The molecule has 0 aliphatic heterocycles. The van der Waals surface area contributed by atoms with Gasteiger partial charge in [-0.2, -0.15) is 0 Å². The van der Waals surface area contributed by atoms with Crippen LogP contribution in [0.25, 0.3) is 5.57 Å². The van der Waals surface area contributed by atoms with E-state index < -0.39 is 5.97 Å². The van der Waals surface area contributed by atoms with Crippen molar-refractivity contribution < 1.29 is 9.90 Å². The molecule has 0 heterocycles. The lowest BCUT2D eigenvalue weighted by Crippen LogP contribution is -1.99. The summed E-state index contributed by atoms with van der Waals surface area (Å²) in [5.41, 5.74) is 6.48. The lowest BCUT2D eigenvalue weighted by Gasteiger charge is -2.02. The van der Waals surface area contributed by atoms with Gasteiger partial charge in [-0.1, -0.05) is 43.2 Å². The summed E-state index contributed by atoms with van der Waals surface area (Å²) < 4.78 is 0. The van der Waals surface area contributed by atoms with Gasteiger partial charge in [0.25, 0.3) is 0 Å². The minimum atomic E-state index is -0.865. The molecule has 0 unspecified atom stereocenters. The van der Waals surface area contributed by atoms with Gasteiger partial charge in [-0.05, 0) is 37.8 Å². The summed E-state index contributed by atoms with van der Waals surface area (Å²) >= 11 is 0. The summed E-state index contributed by atoms with van der Waals surface area (Å²) in [6.07, 6.45) is 2.45. The van der Waals surface area contributed by atoms with Crippen LogP contribution in [0.5, 0.6) is 0 Å². The maximum Gasteiger partial charge on any atom is 0.339 e. The molecule has 1 rings (SSSR count). The van der Waals surface area contributed by atoms with Crippen molar-refractivity contribution in [2.24, 2.45) is 0 Å². The minimum absolute atomic E-state index is 0.371. The first-order chi connectivity index (χ1) is 8.54. The van der Waals surface area contributed by atoms with Crippen LogP contribution in [0.3, 0.4) is 0 Å². The predicted octanol–water partition coefficient (Wildman–Crippen LogP) is 4.20. The Kier molecular flexibility index (Phi) is 5.41. The fraction of sp³-hybridized carbons (Fsp3) is 0.375. The number of hydrogen-bond donors (Lipinski definition) is 1. The molecule has 0 spiro atoms. The molecule has 0 aromatic heterocycles. The van der Waals surface area contributed by atoms with Crippen molar-refractivity contribution in [2.45, 2.75) is 40.0 Å². The first kappa shape index (κ1) is 14.3. The average Bonchev–Trinajstić information content (AvgIpc) is 2.33. The van der Waals surface area contributed by atoms with Crippen molar-refractivity contribution in [3.05, 3.63) is 46.7 Å². The molecule has 1 aromatic rings. The highest BCUT2D eigenvalue weighted by atomic mass is 16.4. The molecule has 0 saturated heterocycles. The van der Waals surface area contributed by atoms with Crippen LogP contribution >= 0.6 is 0 Å². The zero-order chi connectivity index (χ0) is 13.5. The van der Waals surface area contributed by atoms with Gasteiger partial charge in [-0.3, -0.25) is 0 Å². The maximum absolute atomic E-state index is 11.1. The van der Waals surface area contributed by atoms with E-state index in [1.807, 2.05) is 38.1 Å². The summed E-state index contributed by atoms with van der Waals surface area (Å²) in [6, 6.07) is 8.02. The van der Waals surface area contributed by atoms with Gasteiger partial charge in [0.1, 0.15) is 0 Å². The summed E-state index contributed by atoms with van der Waals surface area (Å²) in [4.78, 5) is 11.1. The third-order valence-electron chi connectivity index (χ3n) is 2.83. The van der Waals surface area contributed by atoms with Gasteiger partial charge in [0.15, 0.2) is 0 Å². The molecule has 2 heteroatoms. The summed E-state index contributed by atoms with van der Waals surface area (Å²) in [6.45, 7) is 5.98. The number of aliphatic carboxylic acids is 1. The Bertz CT molecular complexity index is 492. The second-order valence-corrected chi connectivity index (χ2v) is 4.51. The second-order valence-electron chi connectivity index (χ2n) is 4.51. The highest BCUT2D eigenvalue weighted by molar-refractivity contribution is 5.87. The van der Waals surface area contributed by atoms with E-state index in [-0.39, 0.29) is 0 Å². The molecule has 0 fully saturated rings. The van der Waals surface area contributed by atoms with E-state index in [2.05, 4.69) is 12.7 Å². The number of unbranched alkanes of at least 4 members (excludes halogenated alkanes) is 1. The number of aryl methyl sites for hydroxylation is 1. The van der Waals surface area contributed by atoms with Crippen molar-refractivity contribution >= 4 is 11.5 Å². The number of hydrogen-bond acceptors (Lipinski definition) is 1. The Labute approximate surface area is 109 Å². The van der Waals surface area contributed by atoms with Gasteiger partial charge < -0.3 is 5.11 Å². The van der Waals surface area contributed by atoms with Crippen molar-refractivity contribution in [2.75, 3.05) is 0 Å². The third kappa shape index (κ3) is 4.23. The topological polar surface area (TPSA) is 37.3 Å². The van der Waals surface area contributed by atoms with Gasteiger partial charge in [0.05, 0.1) is 5.57 Å². The Morgan fingerprint density at radius 2 is 2.11 bits per heavy atom. The monoisotopic (exact) mass is 244 g/mol. The number of benzene rings is 1. The lowest BCUT2D eigenvalue weighted by atomic mass is 10.0. The molecule has 2 nitrogen and oxygen atoms in total. The molecule has 18 heavy (non-hydrogen) atoms. The fourth-order valence-electron chi connectivity index (χ4n) is 1.75. The van der Waals surface area contributed by atoms with E-state index in [9.17, 15) is 4.79 Å². The van der Waals surface area contributed by atoms with E-state index >= 15 is 0 Å². The maximum atomic E-state index is 11.1. The molecule has 0 aliphatic rings. The molecule has 0 aliphatic carbocycles. The van der Waals surface area contributed by atoms with Crippen molar-refractivity contribution in [1.29, 1.82) is 0 Å². The van der Waals surface area contributed by atoms with E-state index in [4.69, 9.17) is 5.11 Å². The fourth-order valence-corrected chi connectivity index (χ4v) is 1.75. The van der Waals surface area contributed by atoms with Crippen LogP contribution in [0.2, 0.25) is 0 Å². The van der Waals surface area contributed by atoms with Crippen LogP contribution in [0.15, 0.2) is 35.6 Å². The molecular formula is C16H20O2. The van der Waals surface area contributed by atoms with E-state index in [1.165, 1.54) is 5.56 Å². The Morgan fingerprint density at radius 3 is 2.67 bits per heavy atom. The van der Waals surface area contributed by atoms with Crippen molar-refractivity contribution in [3.8, 4) is 0 Å². The van der Waals surface area contributed by atoms with Crippen molar-refractivity contribution in [3.63, 3.8) is 0 Å². The van der Waals surface area contributed by atoms with Crippen LogP contribution in [-0.4, -0.2) is 11.1 Å². The standard InChI is InChI=1S/C16H20O2/c1-4-5-8-15(16(17)18)11-13(3)14-9-6-7-12(2)10-14/h6-7,9-10H,4-5,8H2,1-3H3,(H,17,18). The molecule has 0 bridgehead atoms. The largest absolute Gasteiger partial charge is 0.477 e. The zero-order valence-corrected chi connectivity index (χ0v) is 11.3. The van der Waals surface area contributed by atoms with Crippen molar-refractivity contribution in [1.82, 2.24) is 0 Å². The Morgan fingerprint density at radius 1 is 1.39 bits per heavy atom. The Balaban J connectivity index is 3.12.